The molecule has 0 saturated heterocycles. The van der Waals surface area contributed by atoms with Gasteiger partial charge < -0.3 is 0 Å². The lowest BCUT2D eigenvalue weighted by Crippen LogP contribution is -2.33. The van der Waals surface area contributed by atoms with Crippen molar-refractivity contribution in [2.75, 3.05) is 6.54 Å². The number of alkyl halides is 3. The first kappa shape index (κ1) is 17.6. The van der Waals surface area contributed by atoms with Crippen LogP contribution in [-0.2, 0) is 25.8 Å². The highest BCUT2D eigenvalue weighted by Gasteiger charge is 2.30. The van der Waals surface area contributed by atoms with Crippen molar-refractivity contribution in [1.82, 2.24) is 24.6 Å². The molecule has 0 radical (unpaired) electrons. The Bertz CT molecular complexity index is 949. The molecule has 27 heavy (non-hydrogen) atoms. The molecule has 0 saturated carbocycles. The highest BCUT2D eigenvalue weighted by molar-refractivity contribution is 5.55. The van der Waals surface area contributed by atoms with Gasteiger partial charge in [0.1, 0.15) is 11.4 Å². The molecular weight excluding hydrogens is 362 g/mol. The van der Waals surface area contributed by atoms with Crippen LogP contribution in [0.15, 0.2) is 42.7 Å². The van der Waals surface area contributed by atoms with Crippen LogP contribution in [0, 0.1) is 5.82 Å². The van der Waals surface area contributed by atoms with E-state index in [4.69, 9.17) is 0 Å². The van der Waals surface area contributed by atoms with Crippen LogP contribution in [0.2, 0.25) is 0 Å². The molecule has 0 aliphatic carbocycles. The second-order valence-electron chi connectivity index (χ2n) is 6.32. The van der Waals surface area contributed by atoms with Crippen molar-refractivity contribution in [3.05, 3.63) is 65.5 Å². The van der Waals surface area contributed by atoms with Crippen molar-refractivity contribution >= 4 is 0 Å². The zero-order chi connectivity index (χ0) is 19.0. The lowest BCUT2D eigenvalue weighted by atomic mass is 10.2. The highest BCUT2D eigenvalue weighted by Crippen LogP contribution is 2.28. The van der Waals surface area contributed by atoms with Gasteiger partial charge in [0, 0.05) is 32.0 Å². The maximum absolute atomic E-state index is 13.9. The van der Waals surface area contributed by atoms with Gasteiger partial charge in [-0.25, -0.2) is 4.39 Å². The lowest BCUT2D eigenvalue weighted by Gasteiger charge is -2.27. The van der Waals surface area contributed by atoms with E-state index in [2.05, 4.69) is 20.0 Å². The summed E-state index contributed by atoms with van der Waals surface area (Å²) in [6.07, 6.45) is -2.02. The molecule has 0 amide bonds. The van der Waals surface area contributed by atoms with Crippen LogP contribution in [0.5, 0.6) is 0 Å². The van der Waals surface area contributed by atoms with Gasteiger partial charge in [-0.2, -0.15) is 18.3 Å². The SMILES string of the molecule is Fc1cccnc1-c1cc2n(n1)CCN(Cc1ccc(C(F)(F)F)cn1)C2. The van der Waals surface area contributed by atoms with Gasteiger partial charge in [-0.3, -0.25) is 19.5 Å². The van der Waals surface area contributed by atoms with Gasteiger partial charge in [-0.05, 0) is 30.3 Å². The average Bonchev–Trinajstić information content (AvgIpc) is 3.05. The topological polar surface area (TPSA) is 46.8 Å². The molecule has 0 aromatic carbocycles. The second-order valence-corrected chi connectivity index (χ2v) is 6.32. The van der Waals surface area contributed by atoms with E-state index in [0.29, 0.717) is 37.6 Å². The van der Waals surface area contributed by atoms with E-state index < -0.39 is 17.6 Å². The molecule has 0 bridgehead atoms. The molecule has 5 nitrogen and oxygen atoms in total. The van der Waals surface area contributed by atoms with Crippen LogP contribution < -0.4 is 0 Å². The molecule has 4 rings (SSSR count). The Labute approximate surface area is 152 Å². The van der Waals surface area contributed by atoms with Crippen LogP contribution in [0.4, 0.5) is 17.6 Å². The van der Waals surface area contributed by atoms with Gasteiger partial charge >= 0.3 is 6.18 Å². The van der Waals surface area contributed by atoms with Crippen molar-refractivity contribution in [3.63, 3.8) is 0 Å². The first-order valence-electron chi connectivity index (χ1n) is 8.32. The summed E-state index contributed by atoms with van der Waals surface area (Å²) in [4.78, 5) is 10.0. The maximum atomic E-state index is 13.9. The summed E-state index contributed by atoms with van der Waals surface area (Å²) in [5.74, 6) is -0.432. The van der Waals surface area contributed by atoms with Gasteiger partial charge in [0.05, 0.1) is 23.5 Å². The molecule has 0 atom stereocenters. The van der Waals surface area contributed by atoms with E-state index >= 15 is 0 Å². The molecule has 1 aliphatic heterocycles. The third-order valence-electron chi connectivity index (χ3n) is 4.42. The molecule has 0 N–H and O–H groups in total. The van der Waals surface area contributed by atoms with Crippen LogP contribution in [0.25, 0.3) is 11.4 Å². The number of fused-ring (bicyclic) bond motifs is 1. The Morgan fingerprint density at radius 2 is 1.93 bits per heavy atom. The fraction of sp³-hybridized carbons (Fsp3) is 0.278. The lowest BCUT2D eigenvalue weighted by molar-refractivity contribution is -0.137. The Kier molecular flexibility index (Phi) is 4.39. The van der Waals surface area contributed by atoms with Gasteiger partial charge in [0.25, 0.3) is 0 Å². The normalized spacial score (nSPS) is 15.0. The number of hydrogen-bond donors (Lipinski definition) is 0. The number of pyridine rings is 2. The van der Waals surface area contributed by atoms with E-state index in [1.807, 2.05) is 0 Å². The minimum atomic E-state index is -4.39. The minimum absolute atomic E-state index is 0.204. The van der Waals surface area contributed by atoms with Crippen molar-refractivity contribution in [3.8, 4) is 11.4 Å². The zero-order valence-electron chi connectivity index (χ0n) is 14.1. The number of rotatable bonds is 3. The summed E-state index contributed by atoms with van der Waals surface area (Å²) in [5.41, 5.74) is 1.37. The van der Waals surface area contributed by atoms with E-state index in [-0.39, 0.29) is 5.69 Å². The summed E-state index contributed by atoms with van der Waals surface area (Å²) in [6, 6.07) is 7.08. The van der Waals surface area contributed by atoms with Crippen molar-refractivity contribution in [2.24, 2.45) is 0 Å². The quantitative estimate of drug-likeness (QED) is 0.656. The summed E-state index contributed by atoms with van der Waals surface area (Å²) in [6.45, 7) is 2.24. The molecule has 140 valence electrons. The van der Waals surface area contributed by atoms with Gasteiger partial charge in [0.15, 0.2) is 5.82 Å². The minimum Gasteiger partial charge on any atom is -0.290 e. The number of hydrogen-bond acceptors (Lipinski definition) is 4. The summed E-state index contributed by atoms with van der Waals surface area (Å²) < 4.78 is 53.6. The Hall–Kier alpha value is -2.81. The van der Waals surface area contributed by atoms with Crippen molar-refractivity contribution in [2.45, 2.75) is 25.8 Å². The molecule has 1 aliphatic rings. The van der Waals surface area contributed by atoms with E-state index in [1.54, 1.807) is 10.7 Å². The van der Waals surface area contributed by atoms with E-state index in [9.17, 15) is 17.6 Å². The third kappa shape index (κ3) is 3.68. The Morgan fingerprint density at radius 1 is 1.07 bits per heavy atom. The first-order valence-corrected chi connectivity index (χ1v) is 8.32. The van der Waals surface area contributed by atoms with Crippen molar-refractivity contribution < 1.29 is 17.6 Å². The largest absolute Gasteiger partial charge is 0.417 e. The zero-order valence-corrected chi connectivity index (χ0v) is 14.1. The van der Waals surface area contributed by atoms with E-state index in [1.165, 1.54) is 24.4 Å². The number of aromatic nitrogens is 4. The Morgan fingerprint density at radius 3 is 2.63 bits per heavy atom. The summed E-state index contributed by atoms with van der Waals surface area (Å²) in [7, 11) is 0. The van der Waals surface area contributed by atoms with Crippen LogP contribution >= 0.6 is 0 Å². The second kappa shape index (κ2) is 6.73. The van der Waals surface area contributed by atoms with Crippen LogP contribution in [0.1, 0.15) is 17.0 Å². The molecule has 0 fully saturated rings. The van der Waals surface area contributed by atoms with Crippen LogP contribution in [-0.4, -0.2) is 31.2 Å². The highest BCUT2D eigenvalue weighted by atomic mass is 19.4. The fourth-order valence-corrected chi connectivity index (χ4v) is 3.06. The van der Waals surface area contributed by atoms with Crippen LogP contribution in [0.3, 0.4) is 0 Å². The Balaban J connectivity index is 1.48. The molecule has 0 spiro atoms. The molecule has 9 heteroatoms. The predicted molar refractivity (Wildman–Crippen MR) is 88.8 cm³/mol. The molecular formula is C18H15F4N5. The standard InChI is InChI=1S/C18H15F4N5/c19-15-2-1-5-23-17(15)16-8-14-11-26(6-7-27(14)25-16)10-13-4-3-12(9-24-13)18(20,21)22/h1-5,8-9H,6-7,10-11H2. The van der Waals surface area contributed by atoms with E-state index in [0.717, 1.165) is 18.0 Å². The third-order valence-corrected chi connectivity index (χ3v) is 4.42. The van der Waals surface area contributed by atoms with Gasteiger partial charge in [-0.1, -0.05) is 0 Å². The number of nitrogens with zero attached hydrogens (tertiary/aromatic N) is 5. The smallest absolute Gasteiger partial charge is 0.290 e. The van der Waals surface area contributed by atoms with Crippen molar-refractivity contribution in [1.29, 1.82) is 0 Å². The monoisotopic (exact) mass is 377 g/mol. The average molecular weight is 377 g/mol. The summed E-state index contributed by atoms with van der Waals surface area (Å²) in [5, 5.41) is 4.41. The van der Waals surface area contributed by atoms with Gasteiger partial charge in [0.2, 0.25) is 0 Å². The number of halogens is 4. The molecule has 4 heterocycles. The summed E-state index contributed by atoms with van der Waals surface area (Å²) >= 11 is 0. The first-order chi connectivity index (χ1) is 12.9. The molecule has 3 aromatic rings. The fourth-order valence-electron chi connectivity index (χ4n) is 3.06. The maximum Gasteiger partial charge on any atom is 0.417 e. The predicted octanol–water partition coefficient (Wildman–Crippen LogP) is 3.51. The molecule has 0 unspecified atom stereocenters. The molecule has 3 aromatic heterocycles. The van der Waals surface area contributed by atoms with Gasteiger partial charge in [-0.15, -0.1) is 0 Å².